The van der Waals surface area contributed by atoms with Gasteiger partial charge in [-0.1, -0.05) is 60.2 Å². The van der Waals surface area contributed by atoms with E-state index < -0.39 is 28.2 Å². The number of aryl methyl sites for hydroxylation is 1. The molecule has 0 fully saturated rings. The Morgan fingerprint density at radius 2 is 1.50 bits per heavy atom. The monoisotopic (exact) mass is 511 g/mol. The first kappa shape index (κ1) is 26.7. The molecule has 3 aromatic rings. The number of carbonyl (C=O) groups is 2. The van der Waals surface area contributed by atoms with Crippen molar-refractivity contribution >= 4 is 22.2 Å². The van der Waals surface area contributed by atoms with Crippen LogP contribution in [0.25, 0.3) is 0 Å². The van der Waals surface area contributed by atoms with Crippen LogP contribution in [0.1, 0.15) is 30.5 Å². The van der Waals surface area contributed by atoms with Crippen molar-refractivity contribution < 1.29 is 31.7 Å². The summed E-state index contributed by atoms with van der Waals surface area (Å²) in [7, 11) is -3.99. The Morgan fingerprint density at radius 3 is 2.11 bits per heavy atom. The van der Waals surface area contributed by atoms with Crippen LogP contribution in [0.3, 0.4) is 0 Å². The summed E-state index contributed by atoms with van der Waals surface area (Å²) in [6.07, 6.45) is -1.02. The summed E-state index contributed by atoms with van der Waals surface area (Å²) in [4.78, 5) is 25.0. The van der Waals surface area contributed by atoms with Gasteiger partial charge >= 0.3 is 22.2 Å². The van der Waals surface area contributed by atoms with Crippen molar-refractivity contribution in [1.82, 2.24) is 5.32 Å². The van der Waals surface area contributed by atoms with E-state index in [1.54, 1.807) is 38.1 Å². The molecular weight excluding hydrogens is 482 g/mol. The third-order valence-electron chi connectivity index (χ3n) is 5.02. The number of nitrogens with one attached hydrogen (secondary N) is 1. The molecule has 0 radical (unpaired) electrons. The van der Waals surface area contributed by atoms with Gasteiger partial charge in [-0.15, -0.1) is 0 Å². The number of carbonyl (C=O) groups excluding carboxylic acids is 2. The Hall–Kier alpha value is -3.85. The van der Waals surface area contributed by atoms with Crippen LogP contribution < -0.4 is 9.50 Å². The highest BCUT2D eigenvalue weighted by Crippen LogP contribution is 2.20. The van der Waals surface area contributed by atoms with Gasteiger partial charge < -0.3 is 19.0 Å². The Bertz CT molecular complexity index is 1260. The number of rotatable bonds is 10. The fraction of sp³-hybridized carbons (Fsp3) is 0.259. The van der Waals surface area contributed by atoms with Crippen molar-refractivity contribution in [1.29, 1.82) is 0 Å². The van der Waals surface area contributed by atoms with E-state index in [0.29, 0.717) is 5.56 Å². The fourth-order valence-electron chi connectivity index (χ4n) is 3.21. The van der Waals surface area contributed by atoms with E-state index in [0.717, 1.165) is 11.1 Å². The zero-order valence-electron chi connectivity index (χ0n) is 20.3. The summed E-state index contributed by atoms with van der Waals surface area (Å²) in [6, 6.07) is 20.7. The van der Waals surface area contributed by atoms with Crippen molar-refractivity contribution in [2.75, 3.05) is 0 Å². The largest absolute Gasteiger partial charge is 0.461 e. The van der Waals surface area contributed by atoms with Crippen molar-refractivity contribution in [3.63, 3.8) is 0 Å². The second-order valence-corrected chi connectivity index (χ2v) is 9.99. The standard InChI is InChI=1S/C27H29NO7S/c1-19(2)34-26(29)25(28-27(30)33-18-22-7-5-4-6-8-22)17-21-11-13-23(14-12-21)35-36(31,32)24-15-9-20(3)10-16-24/h4-16,19,25H,17-18H2,1-3H3,(H,28,30)/t25-/m0/s1. The molecule has 0 saturated carbocycles. The molecule has 8 nitrogen and oxygen atoms in total. The molecule has 0 aliphatic heterocycles. The fourth-order valence-corrected chi connectivity index (χ4v) is 4.14. The lowest BCUT2D eigenvalue weighted by Gasteiger charge is -2.19. The molecule has 3 aromatic carbocycles. The van der Waals surface area contributed by atoms with Crippen molar-refractivity contribution in [2.24, 2.45) is 0 Å². The zero-order valence-corrected chi connectivity index (χ0v) is 21.2. The van der Waals surface area contributed by atoms with Gasteiger partial charge in [0.05, 0.1) is 6.10 Å². The molecule has 1 N–H and O–H groups in total. The molecule has 0 aliphatic carbocycles. The van der Waals surface area contributed by atoms with Crippen LogP contribution in [0.4, 0.5) is 4.79 Å². The quantitative estimate of drug-likeness (QED) is 0.314. The minimum absolute atomic E-state index is 0.0480. The van der Waals surface area contributed by atoms with E-state index in [2.05, 4.69) is 5.32 Å². The highest BCUT2D eigenvalue weighted by Gasteiger charge is 2.25. The zero-order chi connectivity index (χ0) is 26.1. The van der Waals surface area contributed by atoms with E-state index in [9.17, 15) is 18.0 Å². The van der Waals surface area contributed by atoms with E-state index in [4.69, 9.17) is 13.7 Å². The van der Waals surface area contributed by atoms with Crippen LogP contribution in [0.2, 0.25) is 0 Å². The third kappa shape index (κ3) is 8.13. The minimum Gasteiger partial charge on any atom is -0.461 e. The van der Waals surface area contributed by atoms with E-state index in [1.807, 2.05) is 37.3 Å². The molecule has 1 atom stereocenters. The lowest BCUT2D eigenvalue weighted by Crippen LogP contribution is -2.44. The predicted octanol–water partition coefficient (Wildman–Crippen LogP) is 4.55. The smallest absolute Gasteiger partial charge is 0.408 e. The average Bonchev–Trinajstić information content (AvgIpc) is 2.84. The SMILES string of the molecule is Cc1ccc(S(=O)(=O)Oc2ccc(C[C@H](NC(=O)OCc3ccccc3)C(=O)OC(C)C)cc2)cc1. The molecule has 0 aliphatic rings. The highest BCUT2D eigenvalue weighted by molar-refractivity contribution is 7.87. The maximum absolute atomic E-state index is 12.6. The summed E-state index contributed by atoms with van der Waals surface area (Å²) >= 11 is 0. The summed E-state index contributed by atoms with van der Waals surface area (Å²) in [5, 5.41) is 2.56. The molecule has 9 heteroatoms. The van der Waals surface area contributed by atoms with Crippen LogP contribution in [0.5, 0.6) is 5.75 Å². The molecule has 190 valence electrons. The Balaban J connectivity index is 1.65. The minimum atomic E-state index is -3.99. The average molecular weight is 512 g/mol. The van der Waals surface area contributed by atoms with Gasteiger partial charge in [-0.2, -0.15) is 8.42 Å². The van der Waals surface area contributed by atoms with Gasteiger partial charge in [0.2, 0.25) is 0 Å². The third-order valence-corrected chi connectivity index (χ3v) is 6.28. The molecule has 3 rings (SSSR count). The number of alkyl carbamates (subject to hydrolysis) is 1. The molecule has 0 spiro atoms. The number of hydrogen-bond acceptors (Lipinski definition) is 7. The van der Waals surface area contributed by atoms with Gasteiger partial charge in [-0.05, 0) is 56.2 Å². The van der Waals surface area contributed by atoms with Crippen molar-refractivity contribution in [3.8, 4) is 5.75 Å². The lowest BCUT2D eigenvalue weighted by atomic mass is 10.1. The number of hydrogen-bond donors (Lipinski definition) is 1. The molecule has 0 heterocycles. The van der Waals surface area contributed by atoms with E-state index >= 15 is 0 Å². The molecule has 36 heavy (non-hydrogen) atoms. The first-order valence-electron chi connectivity index (χ1n) is 11.4. The lowest BCUT2D eigenvalue weighted by molar-refractivity contribution is -0.149. The Kier molecular flexibility index (Phi) is 9.08. The number of amides is 1. The number of ether oxygens (including phenoxy) is 2. The highest BCUT2D eigenvalue weighted by atomic mass is 32.2. The maximum atomic E-state index is 12.6. The summed E-state index contributed by atoms with van der Waals surface area (Å²) < 4.78 is 40.7. The first-order valence-corrected chi connectivity index (χ1v) is 12.8. The summed E-state index contributed by atoms with van der Waals surface area (Å²) in [5.74, 6) is -0.486. The van der Waals surface area contributed by atoms with Crippen LogP contribution >= 0.6 is 0 Å². The molecule has 0 bridgehead atoms. The van der Waals surface area contributed by atoms with Crippen molar-refractivity contribution in [2.45, 2.75) is 50.8 Å². The summed E-state index contributed by atoms with van der Waals surface area (Å²) in [5.41, 5.74) is 2.40. The van der Waals surface area contributed by atoms with Crippen LogP contribution in [-0.2, 0) is 37.4 Å². The Labute approximate surface area is 211 Å². The van der Waals surface area contributed by atoms with Crippen LogP contribution in [0.15, 0.2) is 83.8 Å². The van der Waals surface area contributed by atoms with Gasteiger partial charge in [0, 0.05) is 6.42 Å². The van der Waals surface area contributed by atoms with Gasteiger partial charge in [-0.3, -0.25) is 0 Å². The topological polar surface area (TPSA) is 108 Å². The van der Waals surface area contributed by atoms with Gasteiger partial charge in [0.25, 0.3) is 0 Å². The van der Waals surface area contributed by atoms with Gasteiger partial charge in [-0.25, -0.2) is 9.59 Å². The molecular formula is C27H29NO7S. The first-order chi connectivity index (χ1) is 17.1. The van der Waals surface area contributed by atoms with Gasteiger partial charge in [0.1, 0.15) is 23.3 Å². The second kappa shape index (κ2) is 12.2. The molecule has 0 unspecified atom stereocenters. The molecule has 0 aromatic heterocycles. The van der Waals surface area contributed by atoms with Crippen LogP contribution in [-0.4, -0.2) is 32.6 Å². The van der Waals surface area contributed by atoms with E-state index in [1.165, 1.54) is 24.3 Å². The van der Waals surface area contributed by atoms with Crippen LogP contribution in [0, 0.1) is 6.92 Å². The van der Waals surface area contributed by atoms with Crippen molar-refractivity contribution in [3.05, 3.63) is 95.6 Å². The number of benzene rings is 3. The summed E-state index contributed by atoms with van der Waals surface area (Å²) in [6.45, 7) is 5.34. The Morgan fingerprint density at radius 1 is 0.861 bits per heavy atom. The molecule has 1 amide bonds. The number of esters is 1. The second-order valence-electron chi connectivity index (χ2n) is 8.44. The normalized spacial score (nSPS) is 12.0. The predicted molar refractivity (Wildman–Crippen MR) is 134 cm³/mol. The molecule has 0 saturated heterocycles. The van der Waals surface area contributed by atoms with E-state index in [-0.39, 0.29) is 29.8 Å². The maximum Gasteiger partial charge on any atom is 0.408 e. The van der Waals surface area contributed by atoms with Gasteiger partial charge in [0.15, 0.2) is 0 Å².